The van der Waals surface area contributed by atoms with Crippen LogP contribution in [0.15, 0.2) is 23.2 Å². The van der Waals surface area contributed by atoms with Gasteiger partial charge in [-0.25, -0.2) is 4.98 Å². The quantitative estimate of drug-likeness (QED) is 0.519. The Kier molecular flexibility index (Phi) is 4.90. The Bertz CT molecular complexity index is 331. The molecule has 0 saturated heterocycles. The molecule has 0 aliphatic carbocycles. The number of hydrogen-bond donors (Lipinski definition) is 1. The molecule has 0 bridgehead atoms. The van der Waals surface area contributed by atoms with Gasteiger partial charge < -0.3 is 10.5 Å². The van der Waals surface area contributed by atoms with Crippen molar-refractivity contribution in [2.24, 2.45) is 0 Å². The van der Waals surface area contributed by atoms with E-state index in [1.165, 1.54) is 18.9 Å². The van der Waals surface area contributed by atoms with Crippen LogP contribution in [0, 0.1) is 0 Å². The van der Waals surface area contributed by atoms with Crippen LogP contribution in [-0.4, -0.2) is 28.6 Å². The van der Waals surface area contributed by atoms with Gasteiger partial charge in [0, 0.05) is 16.8 Å². The van der Waals surface area contributed by atoms with E-state index in [4.69, 9.17) is 5.73 Å². The van der Waals surface area contributed by atoms with Crippen molar-refractivity contribution in [3.8, 4) is 0 Å². The molecule has 82 valence electrons. The summed E-state index contributed by atoms with van der Waals surface area (Å²) < 4.78 is 4.58. The molecule has 0 aliphatic rings. The highest BCUT2D eigenvalue weighted by Gasteiger charge is 2.15. The third-order valence-corrected chi connectivity index (χ3v) is 3.81. The van der Waals surface area contributed by atoms with Gasteiger partial charge in [0.15, 0.2) is 0 Å². The fraction of sp³-hybridized carbons (Fsp3) is 0.333. The standard InChI is InChI=1S/C9H11BrN2O2S/c1-14-9(13)7(10)5-15-6-2-3-8(11)12-4-6/h2-4,7H,5H2,1H3,(H2,11,12). The van der Waals surface area contributed by atoms with Crippen LogP contribution >= 0.6 is 27.7 Å². The fourth-order valence-corrected chi connectivity index (χ4v) is 2.19. The van der Waals surface area contributed by atoms with Crippen LogP contribution in [0.3, 0.4) is 0 Å². The maximum Gasteiger partial charge on any atom is 0.320 e. The number of esters is 1. The molecule has 15 heavy (non-hydrogen) atoms. The highest BCUT2D eigenvalue weighted by molar-refractivity contribution is 9.10. The number of carbonyl (C=O) groups excluding carboxylic acids is 1. The highest BCUT2D eigenvalue weighted by Crippen LogP contribution is 2.21. The van der Waals surface area contributed by atoms with Gasteiger partial charge in [-0.05, 0) is 12.1 Å². The zero-order valence-electron chi connectivity index (χ0n) is 8.14. The number of thioether (sulfide) groups is 1. The Morgan fingerprint density at radius 1 is 1.73 bits per heavy atom. The molecular weight excluding hydrogens is 280 g/mol. The summed E-state index contributed by atoms with van der Waals surface area (Å²) in [5.41, 5.74) is 5.45. The molecule has 1 rings (SSSR count). The Balaban J connectivity index is 2.43. The lowest BCUT2D eigenvalue weighted by Crippen LogP contribution is -2.17. The number of nitrogen functional groups attached to an aromatic ring is 1. The largest absolute Gasteiger partial charge is 0.468 e. The van der Waals surface area contributed by atoms with Gasteiger partial charge in [-0.1, -0.05) is 15.9 Å². The molecule has 0 saturated carbocycles. The number of pyridine rings is 1. The maximum absolute atomic E-state index is 11.1. The lowest BCUT2D eigenvalue weighted by atomic mass is 10.5. The summed E-state index contributed by atoms with van der Waals surface area (Å²) in [6, 6.07) is 3.59. The van der Waals surface area contributed by atoms with Crippen LogP contribution < -0.4 is 5.73 Å². The van der Waals surface area contributed by atoms with E-state index in [1.807, 2.05) is 6.07 Å². The number of alkyl halides is 1. The van der Waals surface area contributed by atoms with Gasteiger partial charge in [-0.2, -0.15) is 0 Å². The van der Waals surface area contributed by atoms with Crippen molar-refractivity contribution in [3.63, 3.8) is 0 Å². The number of nitrogens with two attached hydrogens (primary N) is 1. The Hall–Kier alpha value is -0.750. The molecule has 0 aliphatic heterocycles. The first-order valence-electron chi connectivity index (χ1n) is 4.19. The summed E-state index contributed by atoms with van der Waals surface area (Å²) in [4.78, 5) is 15.7. The zero-order chi connectivity index (χ0) is 11.3. The van der Waals surface area contributed by atoms with Crippen LogP contribution in [0.4, 0.5) is 5.82 Å². The van der Waals surface area contributed by atoms with Gasteiger partial charge in [0.2, 0.25) is 0 Å². The predicted octanol–water partition coefficient (Wildman–Crippen LogP) is 1.69. The van der Waals surface area contributed by atoms with Crippen molar-refractivity contribution in [2.45, 2.75) is 9.72 Å². The second-order valence-corrected chi connectivity index (χ2v) is 4.92. The first-order valence-corrected chi connectivity index (χ1v) is 6.10. The van der Waals surface area contributed by atoms with Gasteiger partial charge in [-0.3, -0.25) is 4.79 Å². The number of anilines is 1. The van der Waals surface area contributed by atoms with E-state index in [0.717, 1.165) is 4.90 Å². The number of hydrogen-bond acceptors (Lipinski definition) is 5. The first-order chi connectivity index (χ1) is 7.13. The molecule has 1 unspecified atom stereocenters. The lowest BCUT2D eigenvalue weighted by molar-refractivity contribution is -0.139. The van der Waals surface area contributed by atoms with E-state index in [0.29, 0.717) is 11.6 Å². The monoisotopic (exact) mass is 290 g/mol. The van der Waals surface area contributed by atoms with Crippen molar-refractivity contribution in [2.75, 3.05) is 18.6 Å². The van der Waals surface area contributed by atoms with E-state index >= 15 is 0 Å². The summed E-state index contributed by atoms with van der Waals surface area (Å²) in [6.45, 7) is 0. The lowest BCUT2D eigenvalue weighted by Gasteiger charge is -2.06. The number of halogens is 1. The molecule has 6 heteroatoms. The number of ether oxygens (including phenoxy) is 1. The number of nitrogens with zero attached hydrogens (tertiary/aromatic N) is 1. The summed E-state index contributed by atoms with van der Waals surface area (Å²) in [5.74, 6) is 0.812. The van der Waals surface area contributed by atoms with Crippen molar-refractivity contribution < 1.29 is 9.53 Å². The van der Waals surface area contributed by atoms with Gasteiger partial charge in [-0.15, -0.1) is 11.8 Å². The van der Waals surface area contributed by atoms with Crippen molar-refractivity contribution in [1.29, 1.82) is 0 Å². The minimum atomic E-state index is -0.301. The molecule has 1 aromatic heterocycles. The summed E-state index contributed by atoms with van der Waals surface area (Å²) >= 11 is 4.75. The smallest absolute Gasteiger partial charge is 0.320 e. The minimum absolute atomic E-state index is 0.272. The average molecular weight is 291 g/mol. The van der Waals surface area contributed by atoms with Gasteiger partial charge in [0.25, 0.3) is 0 Å². The number of aromatic nitrogens is 1. The van der Waals surface area contributed by atoms with Crippen molar-refractivity contribution in [1.82, 2.24) is 4.98 Å². The second kappa shape index (κ2) is 5.97. The van der Waals surface area contributed by atoms with Crippen molar-refractivity contribution >= 4 is 39.5 Å². The van der Waals surface area contributed by atoms with Gasteiger partial charge in [0.1, 0.15) is 10.6 Å². The van der Waals surface area contributed by atoms with Crippen molar-refractivity contribution in [3.05, 3.63) is 18.3 Å². The summed E-state index contributed by atoms with van der Waals surface area (Å²) in [6.07, 6.45) is 1.68. The van der Waals surface area contributed by atoms with Crippen LogP contribution in [0.5, 0.6) is 0 Å². The summed E-state index contributed by atoms with van der Waals surface area (Å²) in [7, 11) is 1.37. The second-order valence-electron chi connectivity index (χ2n) is 2.72. The Morgan fingerprint density at radius 3 is 3.00 bits per heavy atom. The van der Waals surface area contributed by atoms with E-state index in [-0.39, 0.29) is 10.8 Å². The van der Waals surface area contributed by atoms with E-state index in [1.54, 1.807) is 12.3 Å². The van der Waals surface area contributed by atoms with Crippen LogP contribution in [0.25, 0.3) is 0 Å². The third-order valence-electron chi connectivity index (χ3n) is 1.61. The molecule has 0 radical (unpaired) electrons. The van der Waals surface area contributed by atoms with E-state index in [2.05, 4.69) is 25.7 Å². The highest BCUT2D eigenvalue weighted by atomic mass is 79.9. The van der Waals surface area contributed by atoms with E-state index < -0.39 is 0 Å². The fourth-order valence-electron chi connectivity index (χ4n) is 0.842. The molecule has 0 aromatic carbocycles. The van der Waals surface area contributed by atoms with Crippen LogP contribution in [0.1, 0.15) is 0 Å². The van der Waals surface area contributed by atoms with Gasteiger partial charge >= 0.3 is 5.97 Å². The van der Waals surface area contributed by atoms with E-state index in [9.17, 15) is 4.79 Å². The van der Waals surface area contributed by atoms with Crippen LogP contribution in [0.2, 0.25) is 0 Å². The molecule has 0 spiro atoms. The Morgan fingerprint density at radius 2 is 2.47 bits per heavy atom. The first kappa shape index (κ1) is 12.3. The van der Waals surface area contributed by atoms with Crippen LogP contribution in [-0.2, 0) is 9.53 Å². The molecule has 2 N–H and O–H groups in total. The number of methoxy groups -OCH3 is 1. The minimum Gasteiger partial charge on any atom is -0.468 e. The number of rotatable bonds is 4. The molecule has 1 aromatic rings. The normalized spacial score (nSPS) is 12.1. The topological polar surface area (TPSA) is 65.2 Å². The number of carbonyl (C=O) groups is 1. The molecule has 0 amide bonds. The molecule has 4 nitrogen and oxygen atoms in total. The zero-order valence-corrected chi connectivity index (χ0v) is 10.5. The summed E-state index contributed by atoms with van der Waals surface area (Å²) in [5, 5.41) is 0. The Labute approximate surface area is 101 Å². The third kappa shape index (κ3) is 4.09. The predicted molar refractivity (Wildman–Crippen MR) is 64.1 cm³/mol. The van der Waals surface area contributed by atoms with Gasteiger partial charge in [0.05, 0.1) is 7.11 Å². The maximum atomic E-state index is 11.1. The average Bonchev–Trinajstić information content (AvgIpc) is 2.26. The molecule has 1 heterocycles. The SMILES string of the molecule is COC(=O)C(Br)CSc1ccc(N)nc1. The molecule has 0 fully saturated rings. The molecule has 1 atom stereocenters. The molecular formula is C9H11BrN2O2S.